The number of aromatic nitrogens is 6. The molecule has 4 aromatic heterocycles. The zero-order valence-corrected chi connectivity index (χ0v) is 15.0. The van der Waals surface area contributed by atoms with Crippen LogP contribution in [0.3, 0.4) is 0 Å². The van der Waals surface area contributed by atoms with Crippen LogP contribution in [0, 0.1) is 17.1 Å². The van der Waals surface area contributed by atoms with E-state index in [0.29, 0.717) is 39.6 Å². The third-order valence-corrected chi connectivity index (χ3v) is 4.31. The molecule has 4 heterocycles. The van der Waals surface area contributed by atoms with Gasteiger partial charge in [0, 0.05) is 18.8 Å². The molecule has 9 nitrogen and oxygen atoms in total. The van der Waals surface area contributed by atoms with Crippen LogP contribution in [0.15, 0.2) is 36.8 Å². The third-order valence-electron chi connectivity index (χ3n) is 4.31. The van der Waals surface area contributed by atoms with Gasteiger partial charge in [0.2, 0.25) is 0 Å². The zero-order valence-electron chi connectivity index (χ0n) is 15.0. The molecular weight excluding hydrogens is 363 g/mol. The van der Waals surface area contributed by atoms with Crippen LogP contribution < -0.4 is 10.5 Å². The van der Waals surface area contributed by atoms with Crippen molar-refractivity contribution in [2.45, 2.75) is 13.0 Å². The second kappa shape index (κ2) is 6.62. The molecule has 0 aliphatic rings. The number of hydrogen-bond donors (Lipinski definition) is 1. The van der Waals surface area contributed by atoms with Crippen LogP contribution in [-0.4, -0.2) is 29.6 Å². The van der Waals surface area contributed by atoms with Crippen LogP contribution in [-0.2, 0) is 7.05 Å². The minimum absolute atomic E-state index is 0.355. The van der Waals surface area contributed by atoms with Gasteiger partial charge in [-0.1, -0.05) is 5.21 Å². The average molecular weight is 378 g/mol. The number of nitrogen functional groups attached to an aromatic ring is 1. The Hall–Kier alpha value is -4.00. The van der Waals surface area contributed by atoms with Gasteiger partial charge in [-0.05, 0) is 25.1 Å². The van der Waals surface area contributed by atoms with E-state index in [4.69, 9.17) is 10.5 Å². The van der Waals surface area contributed by atoms with Crippen molar-refractivity contribution < 1.29 is 9.13 Å². The normalized spacial score (nSPS) is 12.1. The lowest BCUT2D eigenvalue weighted by Crippen LogP contribution is -2.07. The van der Waals surface area contributed by atoms with Crippen molar-refractivity contribution in [1.29, 1.82) is 5.26 Å². The van der Waals surface area contributed by atoms with E-state index < -0.39 is 11.9 Å². The predicted octanol–water partition coefficient (Wildman–Crippen LogP) is 2.26. The smallest absolute Gasteiger partial charge is 0.150 e. The van der Waals surface area contributed by atoms with Gasteiger partial charge in [-0.25, -0.2) is 13.6 Å². The predicted molar refractivity (Wildman–Crippen MR) is 97.6 cm³/mol. The molecule has 0 aliphatic carbocycles. The van der Waals surface area contributed by atoms with Crippen LogP contribution in [0.1, 0.15) is 24.3 Å². The summed E-state index contributed by atoms with van der Waals surface area (Å²) in [5.41, 5.74) is 8.53. The maximum absolute atomic E-state index is 13.1. The fraction of sp³-hybridized carbons (Fsp3) is 0.167. The van der Waals surface area contributed by atoms with E-state index in [2.05, 4.69) is 26.5 Å². The molecule has 0 saturated carbocycles. The highest BCUT2D eigenvalue weighted by Gasteiger charge is 2.19. The minimum Gasteiger partial charge on any atom is -0.482 e. The summed E-state index contributed by atoms with van der Waals surface area (Å²) in [6.07, 6.45) is 3.78. The molecule has 0 amide bonds. The van der Waals surface area contributed by atoms with Crippen LogP contribution >= 0.6 is 0 Å². The number of nitrogens with zero attached hydrogens (tertiary/aromatic N) is 7. The van der Waals surface area contributed by atoms with Gasteiger partial charge in [0.25, 0.3) is 0 Å². The highest BCUT2D eigenvalue weighted by Crippen LogP contribution is 2.33. The first kappa shape index (κ1) is 17.4. The second-order valence-electron chi connectivity index (χ2n) is 6.16. The van der Waals surface area contributed by atoms with E-state index in [1.165, 1.54) is 21.5 Å². The summed E-state index contributed by atoms with van der Waals surface area (Å²) in [5.74, 6) is 0.350. The molecule has 28 heavy (non-hydrogen) atoms. The number of fused-ring (bicyclic) bond motifs is 1. The number of aryl methyl sites for hydroxylation is 1. The Bertz CT molecular complexity index is 1210. The SMILES string of the molecule is C[C@@H](Oc1cc(-c2nnn(C)c2N)cn2ncc(C#N)c12)c1ccc(F)cn1. The quantitative estimate of drug-likeness (QED) is 0.578. The Morgan fingerprint density at radius 2 is 2.14 bits per heavy atom. The van der Waals surface area contributed by atoms with Crippen LogP contribution in [0.4, 0.5) is 10.2 Å². The maximum atomic E-state index is 13.1. The van der Waals surface area contributed by atoms with Crippen LogP contribution in [0.2, 0.25) is 0 Å². The molecule has 0 unspecified atom stereocenters. The lowest BCUT2D eigenvalue weighted by atomic mass is 10.1. The lowest BCUT2D eigenvalue weighted by Gasteiger charge is -2.16. The van der Waals surface area contributed by atoms with Crippen molar-refractivity contribution in [3.63, 3.8) is 0 Å². The van der Waals surface area contributed by atoms with E-state index in [0.717, 1.165) is 6.20 Å². The molecule has 140 valence electrons. The van der Waals surface area contributed by atoms with Gasteiger partial charge in [-0.3, -0.25) is 4.98 Å². The Morgan fingerprint density at radius 1 is 1.32 bits per heavy atom. The molecule has 0 aliphatic heterocycles. The third kappa shape index (κ3) is 2.88. The van der Waals surface area contributed by atoms with E-state index in [1.807, 2.05) is 0 Å². The van der Waals surface area contributed by atoms with Crippen molar-refractivity contribution in [2.24, 2.45) is 7.05 Å². The average Bonchev–Trinajstić information content (AvgIpc) is 3.25. The Morgan fingerprint density at radius 3 is 2.79 bits per heavy atom. The standard InChI is InChI=1S/C18H15FN8O/c1-10(14-4-3-13(19)8-22-14)28-15-5-11(16-18(21)26(2)25-24-16)9-27-17(15)12(6-20)7-23-27/h3-5,7-10H,21H2,1-2H3/t10-/m1/s1. The first-order chi connectivity index (χ1) is 13.5. The first-order valence-corrected chi connectivity index (χ1v) is 8.33. The molecule has 4 aromatic rings. The van der Waals surface area contributed by atoms with Crippen molar-refractivity contribution in [1.82, 2.24) is 29.6 Å². The van der Waals surface area contributed by atoms with Gasteiger partial charge in [0.1, 0.15) is 46.3 Å². The van der Waals surface area contributed by atoms with Gasteiger partial charge < -0.3 is 10.5 Å². The summed E-state index contributed by atoms with van der Waals surface area (Å²) in [5, 5.41) is 21.6. The number of nitrogens with two attached hydrogens (primary N) is 1. The summed E-state index contributed by atoms with van der Waals surface area (Å²) in [6.45, 7) is 1.78. The monoisotopic (exact) mass is 378 g/mol. The van der Waals surface area contributed by atoms with Crippen LogP contribution in [0.25, 0.3) is 16.8 Å². The molecular formula is C18H15FN8O. The molecule has 0 spiro atoms. The summed E-state index contributed by atoms with van der Waals surface area (Å²) in [7, 11) is 1.69. The van der Waals surface area contributed by atoms with E-state index in [-0.39, 0.29) is 0 Å². The number of nitriles is 1. The van der Waals surface area contributed by atoms with Crippen LogP contribution in [0.5, 0.6) is 5.75 Å². The lowest BCUT2D eigenvalue weighted by molar-refractivity contribution is 0.223. The molecule has 0 radical (unpaired) electrons. The Labute approximate surface area is 158 Å². The first-order valence-electron chi connectivity index (χ1n) is 8.33. The van der Waals surface area contributed by atoms with Crippen molar-refractivity contribution in [3.8, 4) is 23.1 Å². The highest BCUT2D eigenvalue weighted by atomic mass is 19.1. The summed E-state index contributed by atoms with van der Waals surface area (Å²) >= 11 is 0. The summed E-state index contributed by atoms with van der Waals surface area (Å²) in [6, 6.07) is 6.68. The number of anilines is 1. The van der Waals surface area contributed by atoms with Crippen molar-refractivity contribution >= 4 is 11.3 Å². The molecule has 0 bridgehead atoms. The van der Waals surface area contributed by atoms with Gasteiger partial charge >= 0.3 is 0 Å². The van der Waals surface area contributed by atoms with E-state index in [1.54, 1.807) is 32.3 Å². The zero-order chi connectivity index (χ0) is 19.8. The Balaban J connectivity index is 1.83. The van der Waals surface area contributed by atoms with Crippen molar-refractivity contribution in [3.05, 3.63) is 53.9 Å². The van der Waals surface area contributed by atoms with Crippen molar-refractivity contribution in [2.75, 3.05) is 5.73 Å². The second-order valence-corrected chi connectivity index (χ2v) is 6.16. The molecule has 4 rings (SSSR count). The number of ether oxygens (including phenoxy) is 1. The number of halogens is 1. The Kier molecular flexibility index (Phi) is 4.12. The fourth-order valence-electron chi connectivity index (χ4n) is 2.83. The van der Waals surface area contributed by atoms with Gasteiger partial charge in [0.15, 0.2) is 0 Å². The highest BCUT2D eigenvalue weighted by molar-refractivity contribution is 5.77. The number of pyridine rings is 2. The van der Waals surface area contributed by atoms with Gasteiger partial charge in [0.05, 0.1) is 18.1 Å². The topological polar surface area (TPSA) is 120 Å². The molecule has 0 saturated heterocycles. The minimum atomic E-state index is -0.500. The number of hydrogen-bond acceptors (Lipinski definition) is 7. The summed E-state index contributed by atoms with van der Waals surface area (Å²) < 4.78 is 22.2. The van der Waals surface area contributed by atoms with Gasteiger partial charge in [-0.15, -0.1) is 5.10 Å². The van der Waals surface area contributed by atoms with E-state index in [9.17, 15) is 9.65 Å². The number of rotatable bonds is 4. The van der Waals surface area contributed by atoms with E-state index >= 15 is 0 Å². The molecule has 1 atom stereocenters. The maximum Gasteiger partial charge on any atom is 0.150 e. The molecule has 0 fully saturated rings. The molecule has 10 heteroatoms. The molecule has 0 aromatic carbocycles. The van der Waals surface area contributed by atoms with Gasteiger partial charge in [-0.2, -0.15) is 10.4 Å². The summed E-state index contributed by atoms with van der Waals surface area (Å²) in [4.78, 5) is 4.05. The largest absolute Gasteiger partial charge is 0.482 e. The fourth-order valence-corrected chi connectivity index (χ4v) is 2.83. The molecule has 2 N–H and O–H groups in total.